The van der Waals surface area contributed by atoms with E-state index in [1.54, 1.807) is 36.4 Å². The van der Waals surface area contributed by atoms with Crippen LogP contribution in [0.4, 0.5) is 11.4 Å². The summed E-state index contributed by atoms with van der Waals surface area (Å²) in [5.74, 6) is 0.882. The van der Waals surface area contributed by atoms with Gasteiger partial charge in [-0.3, -0.25) is 0 Å². The molecule has 51 heavy (non-hydrogen) atoms. The second-order valence-electron chi connectivity index (χ2n) is 11.9. The molecule has 0 bridgehead atoms. The topological polar surface area (TPSA) is 149 Å². The minimum Gasteiger partial charge on any atom is -0.576 e. The van der Waals surface area contributed by atoms with Gasteiger partial charge in [0.25, 0.3) is 0 Å². The number of fused-ring (bicyclic) bond motifs is 2. The summed E-state index contributed by atoms with van der Waals surface area (Å²) in [6.45, 7) is 4.19. The van der Waals surface area contributed by atoms with Crippen molar-refractivity contribution < 1.29 is 45.1 Å². The number of hydrogen-bond acceptors (Lipinski definition) is 8. The molecule has 0 radical (unpaired) electrons. The van der Waals surface area contributed by atoms with E-state index < -0.39 is 20.0 Å². The van der Waals surface area contributed by atoms with Crippen molar-refractivity contribution in [2.75, 3.05) is 11.5 Å². The van der Waals surface area contributed by atoms with Crippen molar-refractivity contribution in [1.29, 1.82) is 0 Å². The van der Waals surface area contributed by atoms with Gasteiger partial charge < -0.3 is 18.3 Å². The Bertz CT molecular complexity index is 1990. The number of oxazole rings is 2. The molecule has 0 unspecified atom stereocenters. The van der Waals surface area contributed by atoms with E-state index in [4.69, 9.17) is 8.83 Å². The minimum absolute atomic E-state index is 0. The first kappa shape index (κ1) is 39.7. The minimum atomic E-state index is -3.52. The predicted octanol–water partition coefficient (Wildman–Crippen LogP) is 10.8. The van der Waals surface area contributed by atoms with Crippen LogP contribution in [0.5, 0.6) is 0 Å². The van der Waals surface area contributed by atoms with Crippen LogP contribution in [0.15, 0.2) is 106 Å². The van der Waals surface area contributed by atoms with Crippen LogP contribution in [-0.2, 0) is 39.5 Å². The first-order valence-corrected chi connectivity index (χ1v) is 20.2. The summed E-state index contributed by atoms with van der Waals surface area (Å²) >= 11 is 0. The van der Waals surface area contributed by atoms with Crippen LogP contribution in [0, 0.1) is 0 Å². The van der Waals surface area contributed by atoms with E-state index in [0.29, 0.717) is 58.3 Å². The second kappa shape index (κ2) is 19.0. The average molecular weight is 780 g/mol. The van der Waals surface area contributed by atoms with E-state index in [1.807, 2.05) is 60.7 Å². The zero-order chi connectivity index (χ0) is 35.4. The van der Waals surface area contributed by atoms with Crippen LogP contribution < -0.4 is 0 Å². The van der Waals surface area contributed by atoms with Crippen LogP contribution in [0.3, 0.4) is 0 Å². The molecule has 0 saturated heterocycles. The molecule has 2 aromatic heterocycles. The van der Waals surface area contributed by atoms with Gasteiger partial charge in [0.1, 0.15) is 11.0 Å². The predicted molar refractivity (Wildman–Crippen MR) is 201 cm³/mol. The molecule has 0 aliphatic heterocycles. The van der Waals surface area contributed by atoms with Crippen molar-refractivity contribution >= 4 is 53.6 Å². The van der Waals surface area contributed by atoms with E-state index in [0.717, 1.165) is 49.6 Å². The molecule has 6 rings (SSSR count). The van der Waals surface area contributed by atoms with Gasteiger partial charge in [0.05, 0.1) is 20.0 Å². The van der Waals surface area contributed by atoms with Crippen molar-refractivity contribution in [1.82, 2.24) is 9.97 Å². The van der Waals surface area contributed by atoms with Crippen molar-refractivity contribution in [3.05, 3.63) is 107 Å². The maximum Gasteiger partial charge on any atom is 2.00 e. The van der Waals surface area contributed by atoms with Crippen LogP contribution >= 0.6 is 0 Å². The fourth-order valence-electron chi connectivity index (χ4n) is 5.26. The van der Waals surface area contributed by atoms with Gasteiger partial charge >= 0.3 is 19.5 Å². The Kier molecular flexibility index (Phi) is 14.8. The second-order valence-corrected chi connectivity index (χ2v) is 15.4. The van der Waals surface area contributed by atoms with E-state index >= 15 is 0 Å². The number of benzene rings is 4. The Morgan fingerprint density at radius 3 is 1.27 bits per heavy atom. The zero-order valence-electron chi connectivity index (χ0n) is 29.1. The zero-order valence-corrected chi connectivity index (χ0v) is 33.7. The van der Waals surface area contributed by atoms with Gasteiger partial charge in [0.15, 0.2) is 11.2 Å². The normalized spacial score (nSPS) is 11.5. The van der Waals surface area contributed by atoms with Gasteiger partial charge in [-0.1, -0.05) is 125 Å². The summed E-state index contributed by atoms with van der Waals surface area (Å²) in [5.41, 5.74) is 4.68. The molecule has 4 aromatic carbocycles. The first-order chi connectivity index (χ1) is 24.2. The number of sulfonamides is 2. The Balaban J connectivity index is 0.000000224. The van der Waals surface area contributed by atoms with Gasteiger partial charge in [0, 0.05) is 22.6 Å². The van der Waals surface area contributed by atoms with E-state index in [9.17, 15) is 16.8 Å². The Hall–Kier alpha value is -4.06. The van der Waals surface area contributed by atoms with E-state index in [1.165, 1.54) is 0 Å². The van der Waals surface area contributed by atoms with Gasteiger partial charge in [-0.05, 0) is 37.1 Å². The molecule has 10 nitrogen and oxygen atoms in total. The number of nitrogens with zero attached hydrogens (tertiary/aromatic N) is 4. The molecule has 2 heterocycles. The SMILES string of the molecule is CCCCCCS(=O)(=O)[N-]c1ccccc1-c1nc2ccccc2o1.CCCCCCS(=O)(=O)[N-]c1ccccc1-c1nc2ccccc2o1.[Zn+2]. The van der Waals surface area contributed by atoms with Gasteiger partial charge in [0.2, 0.25) is 11.8 Å². The van der Waals surface area contributed by atoms with Crippen molar-refractivity contribution in [3.8, 4) is 22.9 Å². The summed E-state index contributed by atoms with van der Waals surface area (Å²) in [6, 6.07) is 28.9. The molecular weight excluding hydrogens is 738 g/mol. The number of aromatic nitrogens is 2. The molecule has 0 spiro atoms. The fraction of sp³-hybridized carbons (Fsp3) is 0.316. The van der Waals surface area contributed by atoms with E-state index in [2.05, 4.69) is 33.3 Å². The van der Waals surface area contributed by atoms with Gasteiger partial charge in [-0.25, -0.2) is 26.8 Å². The number of rotatable bonds is 16. The maximum atomic E-state index is 12.3. The average Bonchev–Trinajstić information content (AvgIpc) is 3.74. The molecule has 0 saturated carbocycles. The number of para-hydroxylation sites is 4. The Morgan fingerprint density at radius 1 is 0.510 bits per heavy atom. The molecule has 0 aliphatic rings. The molecule has 13 heteroatoms. The van der Waals surface area contributed by atoms with Crippen LogP contribution in [-0.4, -0.2) is 38.3 Å². The summed E-state index contributed by atoms with van der Waals surface area (Å²) < 4.78 is 68.7. The third kappa shape index (κ3) is 11.5. The summed E-state index contributed by atoms with van der Waals surface area (Å²) in [4.78, 5) is 8.88. The van der Waals surface area contributed by atoms with Gasteiger partial charge in [-0.15, -0.1) is 11.4 Å². The van der Waals surface area contributed by atoms with Crippen LogP contribution in [0.2, 0.25) is 0 Å². The van der Waals surface area contributed by atoms with Gasteiger partial charge in [-0.2, -0.15) is 0 Å². The van der Waals surface area contributed by atoms with Crippen molar-refractivity contribution in [3.63, 3.8) is 0 Å². The number of hydrogen-bond donors (Lipinski definition) is 0. The van der Waals surface area contributed by atoms with Crippen molar-refractivity contribution in [2.45, 2.75) is 65.2 Å². The largest absolute Gasteiger partial charge is 2.00 e. The smallest absolute Gasteiger partial charge is 0.576 e. The monoisotopic (exact) mass is 778 g/mol. The van der Waals surface area contributed by atoms with Crippen LogP contribution in [0.1, 0.15) is 65.2 Å². The molecule has 264 valence electrons. The summed E-state index contributed by atoms with van der Waals surface area (Å²) in [5, 5.41) is 0. The molecule has 0 fully saturated rings. The number of unbranched alkanes of at least 4 members (excludes halogenated alkanes) is 6. The third-order valence-corrected chi connectivity index (χ3v) is 10.4. The molecule has 0 amide bonds. The third-order valence-electron chi connectivity index (χ3n) is 7.84. The quantitative estimate of drug-likeness (QED) is 0.0696. The first-order valence-electron chi connectivity index (χ1n) is 17.0. The standard InChI is InChI=1S/2C19H21N2O3S.Zn/c2*1-2-3-4-9-14-25(22,23)21-16-11-6-5-10-15(16)19-20-17-12-7-8-13-18(17)24-19;/h2*5-8,10-13H,2-4,9,14H2,1H3;/q2*-1;+2. The molecular formula is C38H42N4O6S2Zn. The summed E-state index contributed by atoms with van der Waals surface area (Å²) in [7, 11) is -7.04. The Labute approximate surface area is 313 Å². The maximum absolute atomic E-state index is 12.3. The Morgan fingerprint density at radius 2 is 0.882 bits per heavy atom. The molecule has 6 aromatic rings. The molecule has 0 atom stereocenters. The van der Waals surface area contributed by atoms with E-state index in [-0.39, 0.29) is 31.0 Å². The fourth-order valence-corrected chi connectivity index (χ4v) is 7.49. The van der Waals surface area contributed by atoms with Crippen LogP contribution in [0.25, 0.3) is 54.6 Å². The molecule has 0 N–H and O–H groups in total. The van der Waals surface area contributed by atoms with Crippen molar-refractivity contribution in [2.24, 2.45) is 0 Å². The molecule has 0 aliphatic carbocycles. The summed E-state index contributed by atoms with van der Waals surface area (Å²) in [6.07, 6.45) is 7.27.